The monoisotopic (exact) mass is 321 g/mol. The predicted molar refractivity (Wildman–Crippen MR) is 91.0 cm³/mol. The first kappa shape index (κ1) is 17.5. The van der Waals surface area contributed by atoms with Gasteiger partial charge in [-0.15, -0.1) is 0 Å². The minimum Gasteiger partial charge on any atom is -0.490 e. The fourth-order valence-corrected chi connectivity index (χ4v) is 2.24. The van der Waals surface area contributed by atoms with Gasteiger partial charge in [-0.05, 0) is 19.1 Å². The molecule has 0 aromatic carbocycles. The molecular formula is C16H27N5O2. The molecule has 0 radical (unpaired) electrons. The number of pyridine rings is 1. The average Bonchev–Trinajstić information content (AvgIpc) is 2.60. The summed E-state index contributed by atoms with van der Waals surface area (Å²) in [6.07, 6.45) is 3.44. The summed E-state index contributed by atoms with van der Waals surface area (Å²) in [6, 6.07) is 3.76. The van der Waals surface area contributed by atoms with Gasteiger partial charge in [0.05, 0.1) is 32.5 Å². The van der Waals surface area contributed by atoms with Crippen LogP contribution in [0.5, 0.6) is 5.75 Å². The highest BCUT2D eigenvalue weighted by molar-refractivity contribution is 5.79. The van der Waals surface area contributed by atoms with Crippen LogP contribution in [0, 0.1) is 0 Å². The number of aromatic nitrogens is 1. The topological polar surface area (TPSA) is 71.0 Å². The zero-order valence-electron chi connectivity index (χ0n) is 13.8. The van der Waals surface area contributed by atoms with E-state index in [0.29, 0.717) is 13.2 Å². The number of guanidine groups is 1. The number of aliphatic imine (C=N–C) groups is 1. The summed E-state index contributed by atoms with van der Waals surface area (Å²) in [5.41, 5.74) is 0. The van der Waals surface area contributed by atoms with Crippen LogP contribution in [0.3, 0.4) is 0 Å². The lowest BCUT2D eigenvalue weighted by Crippen LogP contribution is -2.41. The minimum absolute atomic E-state index is 0.569. The van der Waals surface area contributed by atoms with E-state index >= 15 is 0 Å². The Bertz CT molecular complexity index is 449. The van der Waals surface area contributed by atoms with Crippen molar-refractivity contribution >= 4 is 5.96 Å². The third kappa shape index (κ3) is 7.30. The van der Waals surface area contributed by atoms with Crippen molar-refractivity contribution in [3.8, 4) is 5.75 Å². The van der Waals surface area contributed by atoms with Crippen molar-refractivity contribution in [2.24, 2.45) is 4.99 Å². The Morgan fingerprint density at radius 3 is 3.00 bits per heavy atom. The highest BCUT2D eigenvalue weighted by Crippen LogP contribution is 2.04. The molecule has 0 atom stereocenters. The smallest absolute Gasteiger partial charge is 0.191 e. The van der Waals surface area contributed by atoms with E-state index in [1.165, 1.54) is 0 Å². The Morgan fingerprint density at radius 1 is 1.39 bits per heavy atom. The van der Waals surface area contributed by atoms with Gasteiger partial charge in [0.25, 0.3) is 0 Å². The Kier molecular flexibility index (Phi) is 8.21. The van der Waals surface area contributed by atoms with Gasteiger partial charge in [-0.3, -0.25) is 14.9 Å². The molecule has 0 spiro atoms. The summed E-state index contributed by atoms with van der Waals surface area (Å²) in [6.45, 7) is 9.55. The maximum absolute atomic E-state index is 5.60. The van der Waals surface area contributed by atoms with Crippen molar-refractivity contribution in [1.82, 2.24) is 20.5 Å². The van der Waals surface area contributed by atoms with Gasteiger partial charge in [-0.2, -0.15) is 0 Å². The highest BCUT2D eigenvalue weighted by Gasteiger charge is 2.09. The fourth-order valence-electron chi connectivity index (χ4n) is 2.24. The van der Waals surface area contributed by atoms with Crippen molar-refractivity contribution in [2.75, 3.05) is 59.1 Å². The van der Waals surface area contributed by atoms with Crippen molar-refractivity contribution < 1.29 is 9.47 Å². The maximum Gasteiger partial charge on any atom is 0.191 e. The number of hydrogen-bond acceptors (Lipinski definition) is 5. The van der Waals surface area contributed by atoms with Crippen LogP contribution in [0.1, 0.15) is 6.92 Å². The molecule has 23 heavy (non-hydrogen) atoms. The van der Waals surface area contributed by atoms with Crippen LogP contribution in [0.25, 0.3) is 0 Å². The molecule has 0 bridgehead atoms. The number of ether oxygens (including phenoxy) is 2. The summed E-state index contributed by atoms with van der Waals surface area (Å²) < 4.78 is 11.0. The number of hydrogen-bond donors (Lipinski definition) is 2. The Balaban J connectivity index is 1.64. The highest BCUT2D eigenvalue weighted by atomic mass is 16.5. The molecule has 1 fully saturated rings. The van der Waals surface area contributed by atoms with Gasteiger partial charge in [0.1, 0.15) is 12.4 Å². The summed E-state index contributed by atoms with van der Waals surface area (Å²) in [5.74, 6) is 1.61. The van der Waals surface area contributed by atoms with E-state index in [-0.39, 0.29) is 0 Å². The number of rotatable bonds is 8. The van der Waals surface area contributed by atoms with E-state index in [2.05, 4.69) is 32.4 Å². The van der Waals surface area contributed by atoms with Gasteiger partial charge in [0.2, 0.25) is 0 Å². The molecule has 1 saturated heterocycles. The van der Waals surface area contributed by atoms with E-state index in [1.807, 2.05) is 12.1 Å². The van der Waals surface area contributed by atoms with E-state index in [4.69, 9.17) is 9.47 Å². The molecule has 1 aliphatic rings. The van der Waals surface area contributed by atoms with Gasteiger partial charge in [0.15, 0.2) is 5.96 Å². The molecule has 7 heteroatoms. The Hall–Kier alpha value is -1.86. The fraction of sp³-hybridized carbons (Fsp3) is 0.625. The lowest BCUT2D eigenvalue weighted by molar-refractivity contribution is 0.0394. The lowest BCUT2D eigenvalue weighted by Gasteiger charge is -2.25. The van der Waals surface area contributed by atoms with Crippen LogP contribution in [-0.4, -0.2) is 74.9 Å². The SMILES string of the molecule is CCNC(=NCCN1CCOCC1)NCCOc1cccnc1. The molecule has 1 aromatic heterocycles. The van der Waals surface area contributed by atoms with E-state index in [0.717, 1.165) is 57.6 Å². The van der Waals surface area contributed by atoms with E-state index in [1.54, 1.807) is 12.4 Å². The third-order valence-electron chi connectivity index (χ3n) is 3.43. The van der Waals surface area contributed by atoms with Crippen molar-refractivity contribution in [3.63, 3.8) is 0 Å². The van der Waals surface area contributed by atoms with Crippen LogP contribution in [0.4, 0.5) is 0 Å². The first-order valence-electron chi connectivity index (χ1n) is 8.23. The maximum atomic E-state index is 5.60. The van der Waals surface area contributed by atoms with Gasteiger partial charge in [-0.25, -0.2) is 0 Å². The quantitative estimate of drug-likeness (QED) is 0.409. The predicted octanol–water partition coefficient (Wildman–Crippen LogP) is 0.348. The molecule has 0 saturated carbocycles. The largest absolute Gasteiger partial charge is 0.490 e. The number of nitrogens with one attached hydrogen (secondary N) is 2. The summed E-state index contributed by atoms with van der Waals surface area (Å²) in [7, 11) is 0. The average molecular weight is 321 g/mol. The van der Waals surface area contributed by atoms with Crippen molar-refractivity contribution in [2.45, 2.75) is 6.92 Å². The van der Waals surface area contributed by atoms with Crippen molar-refractivity contribution in [1.29, 1.82) is 0 Å². The standard InChI is InChI=1S/C16H27N5O2/c1-2-18-16(19-6-8-21-9-12-22-13-10-21)20-7-11-23-15-4-3-5-17-14-15/h3-5,14H,2,6-13H2,1H3,(H2,18,19,20). The molecule has 0 unspecified atom stereocenters. The second-order valence-electron chi connectivity index (χ2n) is 5.18. The normalized spacial score (nSPS) is 16.1. The molecule has 2 N–H and O–H groups in total. The molecule has 2 rings (SSSR count). The third-order valence-corrected chi connectivity index (χ3v) is 3.43. The molecule has 128 valence electrons. The van der Waals surface area contributed by atoms with Gasteiger partial charge in [-0.1, -0.05) is 0 Å². The van der Waals surface area contributed by atoms with Crippen LogP contribution in [0.2, 0.25) is 0 Å². The first-order chi connectivity index (χ1) is 11.4. The van der Waals surface area contributed by atoms with Gasteiger partial charge >= 0.3 is 0 Å². The minimum atomic E-state index is 0.569. The molecular weight excluding hydrogens is 294 g/mol. The Morgan fingerprint density at radius 2 is 2.26 bits per heavy atom. The molecule has 7 nitrogen and oxygen atoms in total. The van der Waals surface area contributed by atoms with Gasteiger partial charge < -0.3 is 20.1 Å². The summed E-state index contributed by atoms with van der Waals surface area (Å²) in [5, 5.41) is 6.53. The lowest BCUT2D eigenvalue weighted by atomic mass is 10.4. The first-order valence-corrected chi connectivity index (χ1v) is 8.23. The second-order valence-corrected chi connectivity index (χ2v) is 5.18. The molecule has 2 heterocycles. The van der Waals surface area contributed by atoms with Gasteiger partial charge in [0, 0.05) is 32.4 Å². The van der Waals surface area contributed by atoms with Crippen LogP contribution in [-0.2, 0) is 4.74 Å². The zero-order valence-corrected chi connectivity index (χ0v) is 13.8. The number of morpholine rings is 1. The van der Waals surface area contributed by atoms with Crippen molar-refractivity contribution in [3.05, 3.63) is 24.5 Å². The van der Waals surface area contributed by atoms with Crippen LogP contribution < -0.4 is 15.4 Å². The summed E-state index contributed by atoms with van der Waals surface area (Å²) in [4.78, 5) is 11.0. The molecule has 0 amide bonds. The van der Waals surface area contributed by atoms with E-state index < -0.39 is 0 Å². The summed E-state index contributed by atoms with van der Waals surface area (Å²) >= 11 is 0. The van der Waals surface area contributed by atoms with Crippen LogP contribution in [0.15, 0.2) is 29.5 Å². The second kappa shape index (κ2) is 10.8. The molecule has 1 aromatic rings. The zero-order chi connectivity index (χ0) is 16.2. The van der Waals surface area contributed by atoms with Crippen LogP contribution >= 0.6 is 0 Å². The number of nitrogens with zero attached hydrogens (tertiary/aromatic N) is 3. The van der Waals surface area contributed by atoms with E-state index in [9.17, 15) is 0 Å². The molecule has 1 aliphatic heterocycles. The Labute approximate surface area is 138 Å². The molecule has 0 aliphatic carbocycles.